The van der Waals surface area contributed by atoms with E-state index in [0.29, 0.717) is 12.2 Å². The van der Waals surface area contributed by atoms with Crippen LogP contribution in [0.1, 0.15) is 67.9 Å². The van der Waals surface area contributed by atoms with Crippen LogP contribution in [-0.2, 0) is 16.8 Å². The number of nitrogens with zero attached hydrogens (tertiary/aromatic N) is 5. The van der Waals surface area contributed by atoms with Crippen molar-refractivity contribution in [1.29, 1.82) is 0 Å². The van der Waals surface area contributed by atoms with Crippen LogP contribution in [0.15, 0.2) is 18.2 Å². The monoisotopic (exact) mass is 496 g/mol. The molecule has 0 bridgehead atoms. The summed E-state index contributed by atoms with van der Waals surface area (Å²) in [5, 5.41) is 8.55. The van der Waals surface area contributed by atoms with Gasteiger partial charge >= 0.3 is 0 Å². The average molecular weight is 497 g/mol. The second-order valence-electron chi connectivity index (χ2n) is 10.5. The summed E-state index contributed by atoms with van der Waals surface area (Å²) in [5.41, 5.74) is 5.03. The topological polar surface area (TPSA) is 85.2 Å². The number of aromatic nitrogens is 4. The number of carbonyl (C=O) groups is 1. The van der Waals surface area contributed by atoms with Crippen LogP contribution in [0, 0.1) is 20.8 Å². The number of hydrogen-bond acceptors (Lipinski definition) is 7. The minimum atomic E-state index is -0.202. The molecular weight excluding hydrogens is 460 g/mol. The molecule has 1 amide bonds. The lowest BCUT2D eigenvalue weighted by Crippen LogP contribution is -2.45. The van der Waals surface area contributed by atoms with E-state index >= 15 is 0 Å². The zero-order valence-corrected chi connectivity index (χ0v) is 22.8. The molecule has 35 heavy (non-hydrogen) atoms. The lowest BCUT2D eigenvalue weighted by molar-refractivity contribution is -0.00523. The van der Waals surface area contributed by atoms with Gasteiger partial charge in [0.15, 0.2) is 5.13 Å². The molecule has 1 fully saturated rings. The third kappa shape index (κ3) is 5.73. The lowest BCUT2D eigenvalue weighted by Gasteiger charge is -2.35. The predicted octanol–water partition coefficient (Wildman–Crippen LogP) is 4.63. The molecule has 9 heteroatoms. The molecule has 0 saturated carbocycles. The van der Waals surface area contributed by atoms with Crippen LogP contribution in [0.5, 0.6) is 0 Å². The van der Waals surface area contributed by atoms with Crippen molar-refractivity contribution in [2.75, 3.05) is 18.0 Å². The van der Waals surface area contributed by atoms with Crippen molar-refractivity contribution in [3.8, 4) is 10.4 Å². The fraction of sp³-hybridized carbons (Fsp3) is 0.538. The summed E-state index contributed by atoms with van der Waals surface area (Å²) in [4.78, 5) is 25.9. The maximum Gasteiger partial charge on any atom is 0.272 e. The summed E-state index contributed by atoms with van der Waals surface area (Å²) in [6, 6.07) is 5.99. The fourth-order valence-electron chi connectivity index (χ4n) is 4.64. The summed E-state index contributed by atoms with van der Waals surface area (Å²) >= 11 is 1.66. The fourth-order valence-corrected chi connectivity index (χ4v) is 5.73. The van der Waals surface area contributed by atoms with Crippen LogP contribution < -0.4 is 10.2 Å². The zero-order valence-electron chi connectivity index (χ0n) is 22.0. The number of aryl methyl sites for hydroxylation is 3. The number of anilines is 1. The van der Waals surface area contributed by atoms with Crippen molar-refractivity contribution < 1.29 is 9.53 Å². The molecule has 1 aliphatic rings. The van der Waals surface area contributed by atoms with E-state index in [0.717, 1.165) is 51.4 Å². The van der Waals surface area contributed by atoms with Crippen LogP contribution in [0.4, 0.5) is 5.13 Å². The number of thiazole rings is 1. The first-order valence-corrected chi connectivity index (χ1v) is 12.9. The van der Waals surface area contributed by atoms with Crippen LogP contribution in [0.25, 0.3) is 10.4 Å². The van der Waals surface area contributed by atoms with Gasteiger partial charge in [0.05, 0.1) is 34.9 Å². The molecule has 0 radical (unpaired) electrons. The van der Waals surface area contributed by atoms with E-state index in [1.165, 1.54) is 0 Å². The van der Waals surface area contributed by atoms with Gasteiger partial charge in [-0.05, 0) is 79.2 Å². The SMILES string of the molecule is Cc1cc(-c2sc(N3C[C@@H](C)O[C@@H](C)C3)nc2CNC(=O)c2cc(C)n(C(C)(C)C)n2)cc(C)n1. The van der Waals surface area contributed by atoms with Gasteiger partial charge in [-0.3, -0.25) is 14.5 Å². The van der Waals surface area contributed by atoms with Crippen molar-refractivity contribution in [2.45, 2.75) is 79.7 Å². The van der Waals surface area contributed by atoms with E-state index in [1.807, 2.05) is 31.5 Å². The Morgan fingerprint density at radius 1 is 1.09 bits per heavy atom. The van der Waals surface area contributed by atoms with Gasteiger partial charge in [0.2, 0.25) is 0 Å². The number of amides is 1. The third-order valence-corrected chi connectivity index (χ3v) is 7.10. The highest BCUT2D eigenvalue weighted by molar-refractivity contribution is 7.19. The van der Waals surface area contributed by atoms with Crippen LogP contribution >= 0.6 is 11.3 Å². The Morgan fingerprint density at radius 3 is 2.29 bits per heavy atom. The highest BCUT2D eigenvalue weighted by atomic mass is 32.1. The third-order valence-electron chi connectivity index (χ3n) is 5.89. The van der Waals surface area contributed by atoms with E-state index in [1.54, 1.807) is 11.3 Å². The van der Waals surface area contributed by atoms with E-state index in [2.05, 4.69) is 67.1 Å². The molecule has 4 heterocycles. The quantitative estimate of drug-likeness (QED) is 0.555. The van der Waals surface area contributed by atoms with E-state index in [4.69, 9.17) is 9.72 Å². The van der Waals surface area contributed by atoms with Crippen molar-refractivity contribution in [3.05, 3.63) is 46.7 Å². The Balaban J connectivity index is 1.63. The van der Waals surface area contributed by atoms with Gasteiger partial charge in [-0.1, -0.05) is 11.3 Å². The lowest BCUT2D eigenvalue weighted by atomic mass is 10.1. The van der Waals surface area contributed by atoms with Crippen molar-refractivity contribution in [1.82, 2.24) is 25.1 Å². The Hall–Kier alpha value is -2.78. The van der Waals surface area contributed by atoms with Gasteiger partial charge < -0.3 is 15.0 Å². The van der Waals surface area contributed by atoms with Gasteiger partial charge in [-0.2, -0.15) is 5.10 Å². The average Bonchev–Trinajstić information content (AvgIpc) is 3.34. The van der Waals surface area contributed by atoms with E-state index in [9.17, 15) is 4.79 Å². The molecule has 4 rings (SSSR count). The van der Waals surface area contributed by atoms with Crippen molar-refractivity contribution in [3.63, 3.8) is 0 Å². The highest BCUT2D eigenvalue weighted by Crippen LogP contribution is 2.36. The van der Waals surface area contributed by atoms with Crippen LogP contribution in [0.3, 0.4) is 0 Å². The Morgan fingerprint density at radius 2 is 1.71 bits per heavy atom. The summed E-state index contributed by atoms with van der Waals surface area (Å²) < 4.78 is 7.80. The summed E-state index contributed by atoms with van der Waals surface area (Å²) in [6.45, 7) is 18.3. The predicted molar refractivity (Wildman–Crippen MR) is 140 cm³/mol. The molecule has 1 aliphatic heterocycles. The zero-order chi connectivity index (χ0) is 25.5. The Kier molecular flexibility index (Phi) is 7.02. The molecule has 0 aromatic carbocycles. The second kappa shape index (κ2) is 9.70. The molecule has 1 N–H and O–H groups in total. The molecule has 0 aliphatic carbocycles. The van der Waals surface area contributed by atoms with Crippen molar-refractivity contribution >= 4 is 22.4 Å². The minimum Gasteiger partial charge on any atom is -0.372 e. The summed E-state index contributed by atoms with van der Waals surface area (Å²) in [7, 11) is 0. The van der Waals surface area contributed by atoms with Crippen LogP contribution in [0.2, 0.25) is 0 Å². The van der Waals surface area contributed by atoms with Crippen LogP contribution in [-0.4, -0.2) is 51.0 Å². The highest BCUT2D eigenvalue weighted by Gasteiger charge is 2.27. The molecule has 3 aromatic heterocycles. The number of nitrogens with one attached hydrogen (secondary N) is 1. The smallest absolute Gasteiger partial charge is 0.272 e. The number of hydrogen-bond donors (Lipinski definition) is 1. The molecule has 0 unspecified atom stereocenters. The van der Waals surface area contributed by atoms with Crippen molar-refractivity contribution in [2.24, 2.45) is 0 Å². The van der Waals surface area contributed by atoms with Gasteiger partial charge in [-0.15, -0.1) is 0 Å². The van der Waals surface area contributed by atoms with E-state index < -0.39 is 0 Å². The molecule has 8 nitrogen and oxygen atoms in total. The number of ether oxygens (including phenoxy) is 1. The van der Waals surface area contributed by atoms with Gasteiger partial charge in [-0.25, -0.2) is 4.98 Å². The maximum absolute atomic E-state index is 13.0. The number of rotatable bonds is 5. The first-order valence-electron chi connectivity index (χ1n) is 12.1. The maximum atomic E-state index is 13.0. The van der Waals surface area contributed by atoms with Gasteiger partial charge in [0, 0.05) is 30.2 Å². The summed E-state index contributed by atoms with van der Waals surface area (Å²) in [5.74, 6) is -0.202. The molecular formula is C26H36N6O2S. The summed E-state index contributed by atoms with van der Waals surface area (Å²) in [6.07, 6.45) is 0.279. The molecule has 2 atom stereocenters. The van der Waals surface area contributed by atoms with Gasteiger partial charge in [0.1, 0.15) is 5.69 Å². The van der Waals surface area contributed by atoms with Gasteiger partial charge in [0.25, 0.3) is 5.91 Å². The second-order valence-corrected chi connectivity index (χ2v) is 11.5. The largest absolute Gasteiger partial charge is 0.372 e. The number of carbonyl (C=O) groups excluding carboxylic acids is 1. The first kappa shape index (κ1) is 25.3. The molecule has 3 aromatic rings. The molecule has 188 valence electrons. The molecule has 0 spiro atoms. The normalized spacial score (nSPS) is 18.7. The Labute approximate surface area is 211 Å². The molecule has 1 saturated heterocycles. The standard InChI is InChI=1S/C26H36N6O2S/c1-15-9-20(10-16(2)28-15)23-22(29-25(35-23)31-13-18(4)34-19(5)14-31)12-27-24(33)21-11-17(3)32(30-21)26(6,7)8/h9-11,18-19H,12-14H2,1-8H3,(H,27,33)/t18-,19+. The van der Waals surface area contributed by atoms with E-state index in [-0.39, 0.29) is 23.7 Å². The minimum absolute atomic E-state index is 0.140. The first-order chi connectivity index (χ1) is 16.4. The Bertz CT molecular complexity index is 1190. The number of pyridine rings is 1. The number of morpholine rings is 1.